The molecule has 0 saturated heterocycles. The first-order valence-electron chi connectivity index (χ1n) is 1.53. The molecular weight excluding hydrogens is 324 g/mol. The van der Waals surface area contributed by atoms with E-state index in [1.165, 1.54) is 10.4 Å². The molecule has 0 nitrogen and oxygen atoms in total. The summed E-state index contributed by atoms with van der Waals surface area (Å²) in [6.07, 6.45) is 0. The Labute approximate surface area is 66.6 Å². The third-order valence-corrected chi connectivity index (χ3v) is 14.3. The molecular formula is C2H4As4. The zero-order valence-corrected chi connectivity index (χ0v) is 10.7. The van der Waals surface area contributed by atoms with Gasteiger partial charge in [0, 0.05) is 0 Å². The van der Waals surface area contributed by atoms with Crippen molar-refractivity contribution in [1.82, 2.24) is 0 Å². The van der Waals surface area contributed by atoms with Crippen molar-refractivity contribution < 1.29 is 0 Å². The minimum atomic E-state index is 0.734. The van der Waals surface area contributed by atoms with E-state index in [1.807, 2.05) is 0 Å². The summed E-state index contributed by atoms with van der Waals surface area (Å²) in [5.41, 5.74) is 0. The monoisotopic (exact) mass is 328 g/mol. The number of rotatable bonds is 3. The zero-order chi connectivity index (χ0) is 4.83. The SMILES string of the molecule is [As]CC[As][As][As]. The summed E-state index contributed by atoms with van der Waals surface area (Å²) in [6, 6.07) is 0. The Morgan fingerprint density at radius 3 is 2.33 bits per heavy atom. The Morgan fingerprint density at radius 1 is 1.50 bits per heavy atom. The minimum absolute atomic E-state index is 0.734. The first-order chi connectivity index (χ1) is 2.91. The molecule has 0 saturated carbocycles. The molecule has 0 aromatic heterocycles. The molecule has 6 radical (unpaired) electrons. The van der Waals surface area contributed by atoms with Crippen LogP contribution in [0.1, 0.15) is 0 Å². The van der Waals surface area contributed by atoms with Crippen LogP contribution in [-0.2, 0) is 0 Å². The quantitative estimate of drug-likeness (QED) is 0.480. The molecule has 0 aromatic rings. The van der Waals surface area contributed by atoms with Gasteiger partial charge in [-0.05, 0) is 0 Å². The van der Waals surface area contributed by atoms with Crippen molar-refractivity contribution in [2.75, 3.05) is 0 Å². The van der Waals surface area contributed by atoms with E-state index in [4.69, 9.17) is 0 Å². The predicted molar refractivity (Wildman–Crippen MR) is 32.6 cm³/mol. The fourth-order valence-corrected chi connectivity index (χ4v) is 12.5. The molecule has 32 valence electrons. The van der Waals surface area contributed by atoms with Gasteiger partial charge in [0.05, 0.1) is 0 Å². The van der Waals surface area contributed by atoms with Crippen molar-refractivity contribution >= 4 is 56.9 Å². The van der Waals surface area contributed by atoms with Gasteiger partial charge in [0.2, 0.25) is 0 Å². The molecule has 0 heterocycles. The Kier molecular flexibility index (Phi) is 9.93. The average Bonchev–Trinajstić information content (AvgIpc) is 1.61. The van der Waals surface area contributed by atoms with Crippen molar-refractivity contribution in [3.63, 3.8) is 0 Å². The molecule has 0 aliphatic carbocycles. The molecule has 0 aliphatic heterocycles. The molecule has 0 aliphatic rings. The van der Waals surface area contributed by atoms with E-state index in [-0.39, 0.29) is 0 Å². The van der Waals surface area contributed by atoms with Gasteiger partial charge in [-0.15, -0.1) is 0 Å². The second-order valence-electron chi connectivity index (χ2n) is 0.678. The summed E-state index contributed by atoms with van der Waals surface area (Å²) in [6.45, 7) is 0. The van der Waals surface area contributed by atoms with Crippen LogP contribution in [0.25, 0.3) is 0 Å². The van der Waals surface area contributed by atoms with Crippen LogP contribution in [-0.4, -0.2) is 56.9 Å². The van der Waals surface area contributed by atoms with Crippen molar-refractivity contribution in [2.24, 2.45) is 0 Å². The van der Waals surface area contributed by atoms with Gasteiger partial charge >= 0.3 is 67.4 Å². The van der Waals surface area contributed by atoms with Crippen molar-refractivity contribution in [3.05, 3.63) is 0 Å². The molecule has 6 heavy (non-hydrogen) atoms. The molecule has 4 heteroatoms. The molecule has 0 rings (SSSR count). The molecule has 0 fully saturated rings. The van der Waals surface area contributed by atoms with Crippen LogP contribution in [0.3, 0.4) is 0 Å². The predicted octanol–water partition coefficient (Wildman–Crippen LogP) is -0.602. The Hall–Kier alpha value is 2.23. The first-order valence-corrected chi connectivity index (χ1v) is 14.6. The van der Waals surface area contributed by atoms with E-state index in [2.05, 4.69) is 31.6 Å². The molecule has 0 aromatic carbocycles. The van der Waals surface area contributed by atoms with Gasteiger partial charge in [-0.2, -0.15) is 0 Å². The topological polar surface area (TPSA) is 0 Å². The van der Waals surface area contributed by atoms with Crippen LogP contribution in [0, 0.1) is 0 Å². The summed E-state index contributed by atoms with van der Waals surface area (Å²) in [5.74, 6) is 0. The van der Waals surface area contributed by atoms with Crippen LogP contribution in [0.15, 0.2) is 0 Å². The third kappa shape index (κ3) is 6.23. The van der Waals surface area contributed by atoms with Crippen LogP contribution in [0.4, 0.5) is 0 Å². The molecule has 0 unspecified atom stereocenters. The summed E-state index contributed by atoms with van der Waals surface area (Å²) >= 11 is 6.90. The number of hydrogen-bond acceptors (Lipinski definition) is 0. The molecule has 0 N–H and O–H groups in total. The van der Waals surface area contributed by atoms with Gasteiger partial charge in [-0.3, -0.25) is 0 Å². The zero-order valence-electron chi connectivity index (χ0n) is 3.20. The Morgan fingerprint density at radius 2 is 2.17 bits per heavy atom. The molecule has 0 bridgehead atoms. The van der Waals surface area contributed by atoms with Crippen molar-refractivity contribution in [2.45, 2.75) is 10.4 Å². The second-order valence-corrected chi connectivity index (χ2v) is 18.7. The standard InChI is InChI=1S/C2H4As4/c3-1-2-5-6-4/h1-2H2. The fourth-order valence-electron chi connectivity index (χ4n) is 0.0894. The summed E-state index contributed by atoms with van der Waals surface area (Å²) < 4.78 is 0. The summed E-state index contributed by atoms with van der Waals surface area (Å²) in [7, 11) is 0. The van der Waals surface area contributed by atoms with Gasteiger partial charge in [0.25, 0.3) is 0 Å². The molecule has 0 amide bonds. The van der Waals surface area contributed by atoms with E-state index in [9.17, 15) is 0 Å². The first kappa shape index (κ1) is 8.23. The third-order valence-electron chi connectivity index (χ3n) is 0.263. The normalized spacial score (nSPS) is 13.0. The van der Waals surface area contributed by atoms with Crippen LogP contribution < -0.4 is 0 Å². The van der Waals surface area contributed by atoms with Crippen LogP contribution in [0.5, 0.6) is 0 Å². The number of hydrogen-bond donors (Lipinski definition) is 0. The maximum atomic E-state index is 2.73. The van der Waals surface area contributed by atoms with Gasteiger partial charge in [-0.1, -0.05) is 0 Å². The summed E-state index contributed by atoms with van der Waals surface area (Å²) in [4.78, 5) is 0. The van der Waals surface area contributed by atoms with E-state index in [1.54, 1.807) is 0 Å². The molecule has 0 atom stereocenters. The fraction of sp³-hybridized carbons (Fsp3) is 1.00. The van der Waals surface area contributed by atoms with E-state index in [0.29, 0.717) is 0 Å². The van der Waals surface area contributed by atoms with Crippen LogP contribution in [0.2, 0.25) is 10.4 Å². The second kappa shape index (κ2) is 7.23. The van der Waals surface area contributed by atoms with Gasteiger partial charge < -0.3 is 0 Å². The maximum absolute atomic E-state index is 2.73. The van der Waals surface area contributed by atoms with Crippen LogP contribution >= 0.6 is 0 Å². The Bertz CT molecular complexity index is 17.5. The molecule has 0 spiro atoms. The van der Waals surface area contributed by atoms with Crippen molar-refractivity contribution in [3.8, 4) is 0 Å². The average molecular weight is 328 g/mol. The van der Waals surface area contributed by atoms with E-state index < -0.39 is 0 Å². The summed E-state index contributed by atoms with van der Waals surface area (Å²) in [5, 5.41) is 2.85. The van der Waals surface area contributed by atoms with Gasteiger partial charge in [-0.25, -0.2) is 0 Å². The van der Waals surface area contributed by atoms with Gasteiger partial charge in [0.1, 0.15) is 0 Å². The van der Waals surface area contributed by atoms with Crippen molar-refractivity contribution in [1.29, 1.82) is 0 Å². The van der Waals surface area contributed by atoms with Gasteiger partial charge in [0.15, 0.2) is 0 Å². The van der Waals surface area contributed by atoms with E-state index >= 15 is 0 Å². The Balaban J connectivity index is 2.34. The van der Waals surface area contributed by atoms with E-state index in [0.717, 1.165) is 25.3 Å².